The number of hydrogen-bond acceptors (Lipinski definition) is 3. The zero-order valence-corrected chi connectivity index (χ0v) is 12.5. The van der Waals surface area contributed by atoms with Crippen molar-refractivity contribution in [2.24, 2.45) is 0 Å². The predicted octanol–water partition coefficient (Wildman–Crippen LogP) is 3.19. The molecule has 20 heavy (non-hydrogen) atoms. The summed E-state index contributed by atoms with van der Waals surface area (Å²) in [5.74, 6) is 0.677. The van der Waals surface area contributed by atoms with Crippen LogP contribution in [0.4, 0.5) is 5.82 Å². The number of rotatable bonds is 1. The van der Waals surface area contributed by atoms with Crippen LogP contribution in [0.15, 0.2) is 24.3 Å². The average molecular weight is 287 g/mol. The van der Waals surface area contributed by atoms with Gasteiger partial charge in [-0.25, -0.2) is 0 Å². The van der Waals surface area contributed by atoms with Crippen molar-refractivity contribution in [1.82, 2.24) is 10.2 Å². The van der Waals surface area contributed by atoms with Crippen molar-refractivity contribution in [3.8, 4) is 0 Å². The van der Waals surface area contributed by atoms with E-state index in [1.54, 1.807) is 11.8 Å². The van der Waals surface area contributed by atoms with Crippen LogP contribution in [0.2, 0.25) is 0 Å². The summed E-state index contributed by atoms with van der Waals surface area (Å²) in [6, 6.07) is 8.32. The topological polar surface area (TPSA) is 57.8 Å². The van der Waals surface area contributed by atoms with Crippen molar-refractivity contribution in [1.29, 1.82) is 0 Å². The Bertz CT molecular complexity index is 665. The van der Waals surface area contributed by atoms with Crippen molar-refractivity contribution in [3.05, 3.63) is 46.6 Å². The Hall–Kier alpha value is -1.75. The van der Waals surface area contributed by atoms with Crippen molar-refractivity contribution in [3.63, 3.8) is 0 Å². The van der Waals surface area contributed by atoms with Crippen molar-refractivity contribution in [2.75, 3.05) is 5.32 Å². The standard InChI is InChI=1S/C15H17N3OS/c1-8-6-4-5-7-11(8)13-12-9(2)17-18-14(12)16-15(19)10(3)20-13/h4-7,10,13H,1-3H3,(H2,16,17,18,19). The highest BCUT2D eigenvalue weighted by Gasteiger charge is 2.32. The highest BCUT2D eigenvalue weighted by Crippen LogP contribution is 2.45. The van der Waals surface area contributed by atoms with Crippen LogP contribution in [0.1, 0.15) is 34.6 Å². The largest absolute Gasteiger partial charge is 0.308 e. The molecule has 2 heterocycles. The summed E-state index contributed by atoms with van der Waals surface area (Å²) in [5, 5.41) is 10.2. The number of carbonyl (C=O) groups is 1. The summed E-state index contributed by atoms with van der Waals surface area (Å²) in [4.78, 5) is 12.1. The molecule has 0 spiro atoms. The van der Waals surface area contributed by atoms with E-state index in [0.29, 0.717) is 5.82 Å². The average Bonchev–Trinajstić information content (AvgIpc) is 2.71. The van der Waals surface area contributed by atoms with Gasteiger partial charge in [-0.1, -0.05) is 24.3 Å². The molecule has 0 saturated heterocycles. The number of aromatic amines is 1. The zero-order valence-electron chi connectivity index (χ0n) is 11.7. The normalized spacial score (nSPS) is 22.1. The van der Waals surface area contributed by atoms with E-state index in [2.05, 4.69) is 34.6 Å². The fourth-order valence-electron chi connectivity index (χ4n) is 2.52. The van der Waals surface area contributed by atoms with E-state index < -0.39 is 0 Å². The summed E-state index contributed by atoms with van der Waals surface area (Å²) in [6.07, 6.45) is 0. The molecule has 1 aliphatic rings. The van der Waals surface area contributed by atoms with Gasteiger partial charge in [0.1, 0.15) is 0 Å². The van der Waals surface area contributed by atoms with Gasteiger partial charge in [0, 0.05) is 11.3 Å². The van der Waals surface area contributed by atoms with Crippen molar-refractivity contribution < 1.29 is 4.79 Å². The molecule has 4 nitrogen and oxygen atoms in total. The lowest BCUT2D eigenvalue weighted by molar-refractivity contribution is -0.115. The number of nitrogens with one attached hydrogen (secondary N) is 2. The molecule has 2 aromatic rings. The molecule has 2 unspecified atom stereocenters. The number of hydrogen-bond donors (Lipinski definition) is 2. The van der Waals surface area contributed by atoms with E-state index >= 15 is 0 Å². The molecule has 1 aromatic carbocycles. The van der Waals surface area contributed by atoms with Crippen LogP contribution < -0.4 is 5.32 Å². The molecule has 5 heteroatoms. The minimum Gasteiger partial charge on any atom is -0.308 e. The number of H-pyrrole nitrogens is 1. The van der Waals surface area contributed by atoms with Crippen LogP contribution >= 0.6 is 11.8 Å². The molecule has 1 aliphatic heterocycles. The molecule has 2 N–H and O–H groups in total. The molecule has 0 bridgehead atoms. The van der Waals surface area contributed by atoms with Gasteiger partial charge >= 0.3 is 0 Å². The van der Waals surface area contributed by atoms with Crippen LogP contribution in [0.25, 0.3) is 0 Å². The number of nitrogens with zero attached hydrogens (tertiary/aromatic N) is 1. The highest BCUT2D eigenvalue weighted by atomic mass is 32.2. The minimum absolute atomic E-state index is 0.0128. The second-order valence-electron chi connectivity index (χ2n) is 5.12. The SMILES string of the molecule is Cc1ccccc1C1SC(C)C(=O)Nc2n[nH]c(C)c21. The molecule has 104 valence electrons. The molecule has 0 saturated carbocycles. The third-order valence-corrected chi connectivity index (χ3v) is 5.06. The first-order valence-corrected chi connectivity index (χ1v) is 7.59. The van der Waals surface area contributed by atoms with Crippen LogP contribution in [0.3, 0.4) is 0 Å². The monoisotopic (exact) mass is 287 g/mol. The van der Waals surface area contributed by atoms with E-state index in [-0.39, 0.29) is 16.4 Å². The Balaban J connectivity index is 2.16. The van der Waals surface area contributed by atoms with Crippen LogP contribution in [-0.4, -0.2) is 21.4 Å². The Kier molecular flexibility index (Phi) is 3.30. The zero-order chi connectivity index (χ0) is 14.3. The van der Waals surface area contributed by atoms with E-state index in [1.807, 2.05) is 26.0 Å². The van der Waals surface area contributed by atoms with E-state index in [1.165, 1.54) is 11.1 Å². The molecular formula is C15H17N3OS. The van der Waals surface area contributed by atoms with Gasteiger partial charge in [0.25, 0.3) is 0 Å². The summed E-state index contributed by atoms with van der Waals surface area (Å²) < 4.78 is 0. The lowest BCUT2D eigenvalue weighted by Crippen LogP contribution is -2.21. The van der Waals surface area contributed by atoms with Crippen LogP contribution in [-0.2, 0) is 4.79 Å². The van der Waals surface area contributed by atoms with E-state index in [0.717, 1.165) is 11.3 Å². The molecule has 1 amide bonds. The lowest BCUT2D eigenvalue weighted by Gasteiger charge is -2.19. The predicted molar refractivity (Wildman–Crippen MR) is 82.0 cm³/mol. The second-order valence-corrected chi connectivity index (χ2v) is 6.57. The van der Waals surface area contributed by atoms with Gasteiger partial charge in [0.2, 0.25) is 5.91 Å². The number of amides is 1. The molecule has 2 atom stereocenters. The number of fused-ring (bicyclic) bond motifs is 1. The summed E-state index contributed by atoms with van der Waals surface area (Å²) >= 11 is 1.67. The number of benzene rings is 1. The summed E-state index contributed by atoms with van der Waals surface area (Å²) in [6.45, 7) is 6.05. The Morgan fingerprint density at radius 2 is 2.00 bits per heavy atom. The Morgan fingerprint density at radius 3 is 2.75 bits per heavy atom. The maximum atomic E-state index is 12.1. The summed E-state index contributed by atoms with van der Waals surface area (Å²) in [7, 11) is 0. The third-order valence-electron chi connectivity index (χ3n) is 3.68. The number of aromatic nitrogens is 2. The van der Waals surface area contributed by atoms with Crippen LogP contribution in [0.5, 0.6) is 0 Å². The fraction of sp³-hybridized carbons (Fsp3) is 0.333. The van der Waals surface area contributed by atoms with Gasteiger partial charge in [-0.15, -0.1) is 11.8 Å². The van der Waals surface area contributed by atoms with Gasteiger partial charge in [-0.05, 0) is 31.9 Å². The fourth-order valence-corrected chi connectivity index (χ4v) is 3.94. The Labute approximate surface area is 122 Å². The minimum atomic E-state index is -0.104. The molecule has 3 rings (SSSR count). The third kappa shape index (κ3) is 2.12. The molecular weight excluding hydrogens is 270 g/mol. The molecule has 0 aliphatic carbocycles. The van der Waals surface area contributed by atoms with Gasteiger partial charge in [-0.3, -0.25) is 9.89 Å². The number of thioether (sulfide) groups is 1. The maximum Gasteiger partial charge on any atom is 0.238 e. The smallest absolute Gasteiger partial charge is 0.238 e. The lowest BCUT2D eigenvalue weighted by atomic mass is 10.00. The van der Waals surface area contributed by atoms with Crippen LogP contribution in [0, 0.1) is 13.8 Å². The van der Waals surface area contributed by atoms with Crippen molar-refractivity contribution >= 4 is 23.5 Å². The number of anilines is 1. The van der Waals surface area contributed by atoms with E-state index in [4.69, 9.17) is 0 Å². The van der Waals surface area contributed by atoms with Gasteiger partial charge in [0.15, 0.2) is 5.82 Å². The summed E-state index contributed by atoms with van der Waals surface area (Å²) in [5.41, 5.74) is 4.57. The van der Waals surface area contributed by atoms with Gasteiger partial charge in [0.05, 0.1) is 10.5 Å². The first kappa shape index (κ1) is 13.2. The Morgan fingerprint density at radius 1 is 1.25 bits per heavy atom. The number of aryl methyl sites for hydroxylation is 2. The first-order valence-electron chi connectivity index (χ1n) is 6.64. The quantitative estimate of drug-likeness (QED) is 0.847. The maximum absolute atomic E-state index is 12.1. The molecule has 0 radical (unpaired) electrons. The highest BCUT2D eigenvalue weighted by molar-refractivity contribution is 8.01. The van der Waals surface area contributed by atoms with E-state index in [9.17, 15) is 4.79 Å². The second kappa shape index (κ2) is 4.98. The van der Waals surface area contributed by atoms with Gasteiger partial charge in [-0.2, -0.15) is 5.10 Å². The van der Waals surface area contributed by atoms with Gasteiger partial charge < -0.3 is 5.32 Å². The molecule has 1 aromatic heterocycles. The molecule has 0 fully saturated rings. The number of carbonyl (C=O) groups excluding carboxylic acids is 1. The first-order chi connectivity index (χ1) is 9.58. The van der Waals surface area contributed by atoms with Crippen molar-refractivity contribution in [2.45, 2.75) is 31.3 Å².